The van der Waals surface area contributed by atoms with Crippen LogP contribution < -0.4 is 10.6 Å². The summed E-state index contributed by atoms with van der Waals surface area (Å²) in [7, 11) is 1.91. The van der Waals surface area contributed by atoms with Crippen LogP contribution in [0.2, 0.25) is 0 Å². The van der Waals surface area contributed by atoms with Crippen LogP contribution in [0.5, 0.6) is 0 Å². The molecule has 0 spiro atoms. The largest absolute Gasteiger partial charge is 0.459 e. The molecule has 3 aromatic rings. The summed E-state index contributed by atoms with van der Waals surface area (Å²) in [5, 5.41) is 10.5. The van der Waals surface area contributed by atoms with Crippen molar-refractivity contribution in [2.45, 2.75) is 19.6 Å². The van der Waals surface area contributed by atoms with Crippen molar-refractivity contribution in [3.05, 3.63) is 71.9 Å². The highest BCUT2D eigenvalue weighted by atomic mass is 16.5. The van der Waals surface area contributed by atoms with Gasteiger partial charge < -0.3 is 24.7 Å². The monoisotopic (exact) mass is 436 g/mol. The van der Waals surface area contributed by atoms with Crippen molar-refractivity contribution in [2.24, 2.45) is 12.0 Å². The number of benzene rings is 1. The summed E-state index contributed by atoms with van der Waals surface area (Å²) in [5.41, 5.74) is 2.83. The quantitative estimate of drug-likeness (QED) is 0.456. The summed E-state index contributed by atoms with van der Waals surface area (Å²) in [4.78, 5) is 19.1. The van der Waals surface area contributed by atoms with Crippen LogP contribution in [0.15, 0.2) is 64.5 Å². The zero-order chi connectivity index (χ0) is 22.3. The number of hydrogen-bond donors (Lipinski definition) is 2. The molecular weight excluding hydrogens is 408 g/mol. The summed E-state index contributed by atoms with van der Waals surface area (Å²) in [6.45, 7) is 5.50. The van der Waals surface area contributed by atoms with Crippen LogP contribution in [0.25, 0.3) is 0 Å². The SMILES string of the molecule is CCNC(=NCc1ccc(NC(=O)c2ccco2)cc1)N1CCOC(c2cnn(C)c2)C1. The number of furan rings is 1. The number of morpholine rings is 1. The van der Waals surface area contributed by atoms with Crippen molar-refractivity contribution in [3.63, 3.8) is 0 Å². The minimum absolute atomic E-state index is 0.0293. The third-order valence-corrected chi connectivity index (χ3v) is 5.17. The Hall–Kier alpha value is -3.59. The van der Waals surface area contributed by atoms with E-state index in [1.54, 1.807) is 16.8 Å². The van der Waals surface area contributed by atoms with Crippen molar-refractivity contribution in [2.75, 3.05) is 31.6 Å². The average Bonchev–Trinajstić information content (AvgIpc) is 3.50. The Labute approximate surface area is 187 Å². The molecular formula is C23H28N6O3. The first-order valence-corrected chi connectivity index (χ1v) is 10.7. The number of ether oxygens (including phenoxy) is 1. The van der Waals surface area contributed by atoms with E-state index in [-0.39, 0.29) is 17.8 Å². The Bertz CT molecular complexity index is 1040. The number of anilines is 1. The molecule has 1 unspecified atom stereocenters. The van der Waals surface area contributed by atoms with Gasteiger partial charge in [-0.3, -0.25) is 9.48 Å². The summed E-state index contributed by atoms with van der Waals surface area (Å²) >= 11 is 0. The van der Waals surface area contributed by atoms with Crippen LogP contribution in [-0.4, -0.2) is 52.8 Å². The Morgan fingerprint density at radius 3 is 2.81 bits per heavy atom. The van der Waals surface area contributed by atoms with Gasteiger partial charge >= 0.3 is 0 Å². The highest BCUT2D eigenvalue weighted by molar-refractivity contribution is 6.02. The zero-order valence-electron chi connectivity index (χ0n) is 18.3. The van der Waals surface area contributed by atoms with E-state index in [2.05, 4.69) is 27.6 Å². The van der Waals surface area contributed by atoms with Gasteiger partial charge in [0.05, 0.1) is 32.2 Å². The van der Waals surface area contributed by atoms with E-state index in [9.17, 15) is 4.79 Å². The van der Waals surface area contributed by atoms with Gasteiger partial charge in [0, 0.05) is 37.6 Å². The number of guanidine groups is 1. The summed E-state index contributed by atoms with van der Waals surface area (Å²) < 4.78 is 12.9. The molecule has 32 heavy (non-hydrogen) atoms. The minimum Gasteiger partial charge on any atom is -0.459 e. The van der Waals surface area contributed by atoms with E-state index in [0.29, 0.717) is 18.8 Å². The Morgan fingerprint density at radius 2 is 2.12 bits per heavy atom. The van der Waals surface area contributed by atoms with Crippen molar-refractivity contribution >= 4 is 17.6 Å². The highest BCUT2D eigenvalue weighted by Crippen LogP contribution is 2.22. The van der Waals surface area contributed by atoms with Gasteiger partial charge in [0.25, 0.3) is 5.91 Å². The fraction of sp³-hybridized carbons (Fsp3) is 0.348. The Balaban J connectivity index is 1.38. The molecule has 1 fully saturated rings. The van der Waals surface area contributed by atoms with E-state index < -0.39 is 0 Å². The maximum atomic E-state index is 12.1. The van der Waals surface area contributed by atoms with Gasteiger partial charge in [-0.15, -0.1) is 0 Å². The number of carbonyl (C=O) groups excluding carboxylic acids is 1. The molecule has 1 aromatic carbocycles. The Kier molecular flexibility index (Phi) is 6.86. The minimum atomic E-state index is -0.273. The van der Waals surface area contributed by atoms with E-state index in [1.807, 2.05) is 43.7 Å². The van der Waals surface area contributed by atoms with Gasteiger partial charge in [0.15, 0.2) is 11.7 Å². The lowest BCUT2D eigenvalue weighted by Gasteiger charge is -2.34. The fourth-order valence-corrected chi connectivity index (χ4v) is 3.54. The third kappa shape index (κ3) is 5.36. The molecule has 1 saturated heterocycles. The van der Waals surface area contributed by atoms with E-state index in [1.165, 1.54) is 6.26 Å². The second-order valence-corrected chi connectivity index (χ2v) is 7.55. The number of nitrogens with zero attached hydrogens (tertiary/aromatic N) is 4. The first kappa shape index (κ1) is 21.6. The molecule has 3 heterocycles. The molecule has 1 aliphatic heterocycles. The number of carbonyl (C=O) groups is 1. The van der Waals surface area contributed by atoms with E-state index in [4.69, 9.17) is 14.1 Å². The second kappa shape index (κ2) is 10.1. The molecule has 2 N–H and O–H groups in total. The fourth-order valence-electron chi connectivity index (χ4n) is 3.54. The van der Waals surface area contributed by atoms with Crippen LogP contribution in [0.4, 0.5) is 5.69 Å². The molecule has 0 saturated carbocycles. The average molecular weight is 437 g/mol. The number of aryl methyl sites for hydroxylation is 1. The number of aliphatic imine (C=N–C) groups is 1. The molecule has 1 aliphatic rings. The summed E-state index contributed by atoms with van der Waals surface area (Å²) in [5.74, 6) is 0.870. The van der Waals surface area contributed by atoms with Gasteiger partial charge in [-0.1, -0.05) is 12.1 Å². The number of rotatable bonds is 6. The van der Waals surface area contributed by atoms with Crippen LogP contribution >= 0.6 is 0 Å². The van der Waals surface area contributed by atoms with Crippen LogP contribution in [0.1, 0.15) is 34.7 Å². The van der Waals surface area contributed by atoms with Gasteiger partial charge in [-0.25, -0.2) is 4.99 Å². The molecule has 2 aromatic heterocycles. The number of aromatic nitrogens is 2. The lowest BCUT2D eigenvalue weighted by Crippen LogP contribution is -2.48. The predicted octanol–water partition coefficient (Wildman–Crippen LogP) is 2.80. The maximum absolute atomic E-state index is 12.1. The molecule has 0 aliphatic carbocycles. The molecule has 1 amide bonds. The first-order valence-electron chi connectivity index (χ1n) is 10.7. The van der Waals surface area contributed by atoms with E-state index >= 15 is 0 Å². The number of hydrogen-bond acceptors (Lipinski definition) is 5. The molecule has 4 rings (SSSR count). The summed E-state index contributed by atoms with van der Waals surface area (Å²) in [6, 6.07) is 11.0. The van der Waals surface area contributed by atoms with Gasteiger partial charge in [0.2, 0.25) is 0 Å². The first-order chi connectivity index (χ1) is 15.6. The zero-order valence-corrected chi connectivity index (χ0v) is 18.3. The molecule has 168 valence electrons. The molecule has 9 heteroatoms. The van der Waals surface area contributed by atoms with Gasteiger partial charge in [-0.2, -0.15) is 5.10 Å². The lowest BCUT2D eigenvalue weighted by molar-refractivity contribution is -0.00805. The lowest BCUT2D eigenvalue weighted by atomic mass is 10.1. The molecule has 0 bridgehead atoms. The van der Waals surface area contributed by atoms with Crippen molar-refractivity contribution in [1.82, 2.24) is 20.0 Å². The third-order valence-electron chi connectivity index (χ3n) is 5.17. The normalized spacial score (nSPS) is 16.8. The molecule has 9 nitrogen and oxygen atoms in total. The summed E-state index contributed by atoms with van der Waals surface area (Å²) in [6.07, 6.45) is 5.29. The number of amides is 1. The van der Waals surface area contributed by atoms with Gasteiger partial charge in [-0.05, 0) is 36.8 Å². The van der Waals surface area contributed by atoms with Crippen molar-refractivity contribution in [3.8, 4) is 0 Å². The van der Waals surface area contributed by atoms with Crippen LogP contribution in [0.3, 0.4) is 0 Å². The molecule has 1 atom stereocenters. The van der Waals surface area contributed by atoms with Crippen LogP contribution in [0, 0.1) is 0 Å². The Morgan fingerprint density at radius 1 is 1.28 bits per heavy atom. The van der Waals surface area contributed by atoms with E-state index in [0.717, 1.165) is 36.7 Å². The number of nitrogens with one attached hydrogen (secondary N) is 2. The second-order valence-electron chi connectivity index (χ2n) is 7.55. The van der Waals surface area contributed by atoms with Crippen molar-refractivity contribution < 1.29 is 13.9 Å². The maximum Gasteiger partial charge on any atom is 0.291 e. The molecule has 0 radical (unpaired) electrons. The van der Waals surface area contributed by atoms with Gasteiger partial charge in [0.1, 0.15) is 6.10 Å². The highest BCUT2D eigenvalue weighted by Gasteiger charge is 2.25. The van der Waals surface area contributed by atoms with Crippen molar-refractivity contribution in [1.29, 1.82) is 0 Å². The van der Waals surface area contributed by atoms with Crippen LogP contribution in [-0.2, 0) is 18.3 Å². The predicted molar refractivity (Wildman–Crippen MR) is 121 cm³/mol. The standard InChI is InChI=1S/C23H28N6O3/c1-3-24-23(29-10-12-32-21(16-29)18-14-26-28(2)15-18)25-13-17-6-8-19(9-7-17)27-22(30)20-5-4-11-31-20/h4-9,11,14-15,21H,3,10,12-13,16H2,1-2H3,(H,24,25)(H,27,30). The smallest absolute Gasteiger partial charge is 0.291 e. The topological polar surface area (TPSA) is 96.9 Å².